The van der Waals surface area contributed by atoms with E-state index in [1.165, 1.54) is 0 Å². The Morgan fingerprint density at radius 3 is 1.51 bits per heavy atom. The van der Waals surface area contributed by atoms with Crippen LogP contribution in [0, 0.1) is 0 Å². The lowest BCUT2D eigenvalue weighted by Crippen LogP contribution is -2.41. The van der Waals surface area contributed by atoms with E-state index in [0.29, 0.717) is 89.1 Å². The number of hydrogen-bond acceptors (Lipinski definition) is 18. The molecule has 0 aliphatic carbocycles. The molecule has 0 bridgehead atoms. The van der Waals surface area contributed by atoms with Gasteiger partial charge in [-0.2, -0.15) is 0 Å². The number of pyridine rings is 2. The van der Waals surface area contributed by atoms with Gasteiger partial charge in [0.25, 0.3) is 0 Å². The number of fused-ring (bicyclic) bond motifs is 2. The van der Waals surface area contributed by atoms with Crippen LogP contribution in [-0.2, 0) is 18.8 Å². The van der Waals surface area contributed by atoms with Gasteiger partial charge < -0.3 is 59.0 Å². The van der Waals surface area contributed by atoms with Crippen LogP contribution in [0.25, 0.3) is 39.4 Å². The lowest BCUT2D eigenvalue weighted by molar-refractivity contribution is 0.00578. The van der Waals surface area contributed by atoms with Crippen LogP contribution in [0.15, 0.2) is 132 Å². The first-order valence-corrected chi connectivity index (χ1v) is 27.8. The molecule has 0 saturated carbocycles. The van der Waals surface area contributed by atoms with Crippen molar-refractivity contribution >= 4 is 63.7 Å². The van der Waals surface area contributed by atoms with E-state index in [2.05, 4.69) is 40.8 Å². The van der Waals surface area contributed by atoms with E-state index < -0.39 is 11.2 Å². The van der Waals surface area contributed by atoms with Crippen LogP contribution in [0.2, 0.25) is 0 Å². The molecule has 0 atom stereocenters. The predicted octanol–water partition coefficient (Wildman–Crippen LogP) is 11.5. The highest BCUT2D eigenvalue weighted by atomic mass is 79.9. The number of rotatable bonds is 10. The summed E-state index contributed by atoms with van der Waals surface area (Å²) in [4.78, 5) is 54.2. The van der Waals surface area contributed by atoms with Gasteiger partial charge in [-0.15, -0.1) is 0 Å². The van der Waals surface area contributed by atoms with Crippen molar-refractivity contribution in [1.82, 2.24) is 48.5 Å². The van der Waals surface area contributed by atoms with Crippen LogP contribution in [0.5, 0.6) is 34.8 Å². The van der Waals surface area contributed by atoms with Crippen molar-refractivity contribution < 1.29 is 47.3 Å². The highest BCUT2D eigenvalue weighted by Crippen LogP contribution is 2.40. The number of nitrogens with two attached hydrogens (primary N) is 2. The summed E-state index contributed by atoms with van der Waals surface area (Å²) in [7, 11) is 2.80. The van der Waals surface area contributed by atoms with Gasteiger partial charge in [0.2, 0.25) is 23.7 Å². The molecule has 2 aromatic carbocycles. The summed E-state index contributed by atoms with van der Waals surface area (Å²) < 4.78 is 49.3. The monoisotopic (exact) mass is 1210 g/mol. The van der Waals surface area contributed by atoms with Gasteiger partial charge in [0, 0.05) is 67.7 Å². The maximum atomic E-state index is 12.6. The average Bonchev–Trinajstić information content (AvgIpc) is 2.22. The first-order valence-electron chi connectivity index (χ1n) is 27.0. The maximum Gasteiger partial charge on any atom is 0.492 e. The van der Waals surface area contributed by atoms with Crippen LogP contribution in [0.3, 0.4) is 0 Å². The van der Waals surface area contributed by atoms with Crippen molar-refractivity contribution in [2.75, 3.05) is 51.9 Å². The van der Waals surface area contributed by atoms with Gasteiger partial charge in [-0.25, -0.2) is 39.5 Å². The number of nitrogen functional groups attached to an aromatic ring is 2. The molecule has 3 aliphatic rings. The Labute approximate surface area is 496 Å². The molecular weight excluding hydrogens is 1140 g/mol. The minimum Gasteiger partial charge on any atom is -0.497 e. The summed E-state index contributed by atoms with van der Waals surface area (Å²) in [6.07, 6.45) is 9.88. The third-order valence-electron chi connectivity index (χ3n) is 13.7. The molecule has 24 heteroatoms. The number of aromatic nitrogens is 8. The van der Waals surface area contributed by atoms with E-state index in [-0.39, 0.29) is 30.5 Å². The van der Waals surface area contributed by atoms with Gasteiger partial charge >= 0.3 is 19.3 Å². The second kappa shape index (κ2) is 24.2. The maximum absolute atomic E-state index is 12.6. The first kappa shape index (κ1) is 59.9. The number of amides is 2. The average molecular weight is 1210 g/mol. The molecule has 84 heavy (non-hydrogen) atoms. The number of halogens is 1. The molecule has 8 aromatic rings. The third-order valence-corrected chi connectivity index (χ3v) is 14.3. The van der Waals surface area contributed by atoms with E-state index in [9.17, 15) is 9.59 Å². The SMILES string of the molecule is CC(C)(C)OC(=O)N1CC=C(B2OC(C)(C)C(C)(C)O2)C1.COc1ccnc(Oc2ccc(-c3nc(Br)c4ccnc(N)n34)cc2)c1.COc1ccnc(Oc2ccc(-c3nc(C4=CCN(C(=O)OC(C)(C)C)C4)c4ccnc(N)n34)cc2)c1. The fourth-order valence-electron chi connectivity index (χ4n) is 8.84. The van der Waals surface area contributed by atoms with E-state index in [4.69, 9.17) is 54.2 Å². The van der Waals surface area contributed by atoms with Crippen molar-refractivity contribution in [2.45, 2.75) is 91.6 Å². The summed E-state index contributed by atoms with van der Waals surface area (Å²) in [5.41, 5.74) is 16.5. The number of hydrogen-bond donors (Lipinski definition) is 2. The van der Waals surface area contributed by atoms with Crippen molar-refractivity contribution in [2.24, 2.45) is 0 Å². The van der Waals surface area contributed by atoms with Crippen molar-refractivity contribution in [1.29, 1.82) is 0 Å². The minimum absolute atomic E-state index is 0.301. The van der Waals surface area contributed by atoms with Crippen LogP contribution < -0.4 is 30.4 Å². The molecule has 438 valence electrons. The molecule has 1 saturated heterocycles. The van der Waals surface area contributed by atoms with E-state index in [1.807, 2.05) is 146 Å². The molecule has 0 radical (unpaired) electrons. The molecule has 0 spiro atoms. The Morgan fingerprint density at radius 2 is 1.02 bits per heavy atom. The second-order valence-electron chi connectivity index (χ2n) is 22.7. The number of nitrogens with zero attached hydrogens (tertiary/aromatic N) is 10. The zero-order chi connectivity index (χ0) is 60.3. The van der Waals surface area contributed by atoms with Gasteiger partial charge in [0.15, 0.2) is 0 Å². The lowest BCUT2D eigenvalue weighted by atomic mass is 9.79. The second-order valence-corrected chi connectivity index (χ2v) is 23.4. The van der Waals surface area contributed by atoms with Gasteiger partial charge in [-0.3, -0.25) is 8.80 Å². The predicted molar refractivity (Wildman–Crippen MR) is 323 cm³/mol. The molecular formula is C60H68BBrN12O10. The van der Waals surface area contributed by atoms with Crippen LogP contribution >= 0.6 is 15.9 Å². The smallest absolute Gasteiger partial charge is 0.492 e. The molecule has 3 aliphatic heterocycles. The minimum atomic E-state index is -0.563. The molecule has 22 nitrogen and oxygen atoms in total. The molecule has 1 fully saturated rings. The number of imidazole rings is 2. The van der Waals surface area contributed by atoms with Crippen LogP contribution in [-0.4, -0.2) is 131 Å². The summed E-state index contributed by atoms with van der Waals surface area (Å²) in [6.45, 7) is 21.1. The van der Waals surface area contributed by atoms with Crippen molar-refractivity contribution in [3.8, 4) is 57.5 Å². The highest BCUT2D eigenvalue weighted by molar-refractivity contribution is 9.10. The Bertz CT molecular complexity index is 3750. The molecule has 9 heterocycles. The standard InChI is InChI=1S/C27H28N6O4.C18H14BrN5O2.C15H26BNO4/c1-27(2,3)37-26(34)32-14-11-18(16-32)23-21-10-13-30-25(28)33(21)24(31-23)17-5-7-19(8-6-17)36-22-15-20(35-4)9-12-29-22;1-25-13-6-8-21-15(10-13)26-12-4-2-11(3-5-12)17-23-16(19)14-7-9-22-18(20)24(14)17;1-13(2,3)19-12(18)17-9-8-11(10-17)16-20-14(4,5)15(6,7)21-16/h5-13,15H,14,16H2,1-4H3,(H2,28,30);2-10H,1H3,(H2,20,22);8H,9-10H2,1-7H3. The summed E-state index contributed by atoms with van der Waals surface area (Å²) in [5.74, 6) is 5.52. The number of anilines is 2. The normalized spacial score (nSPS) is 15.4. The zero-order valence-corrected chi connectivity index (χ0v) is 50.6. The van der Waals surface area contributed by atoms with Crippen molar-refractivity contribution in [3.05, 3.63) is 138 Å². The molecule has 6 aromatic heterocycles. The quantitative estimate of drug-likeness (QED) is 0.121. The number of benzene rings is 2. The van der Waals surface area contributed by atoms with E-state index >= 15 is 0 Å². The summed E-state index contributed by atoms with van der Waals surface area (Å²) in [6, 6.07) is 25.6. The number of carbonyl (C=O) groups is 2. The summed E-state index contributed by atoms with van der Waals surface area (Å²) >= 11 is 3.46. The van der Waals surface area contributed by atoms with Gasteiger partial charge in [0.05, 0.1) is 48.7 Å². The lowest BCUT2D eigenvalue weighted by Gasteiger charge is -2.32. The van der Waals surface area contributed by atoms with Gasteiger partial charge in [-0.1, -0.05) is 12.2 Å². The van der Waals surface area contributed by atoms with E-state index in [1.54, 1.807) is 77.5 Å². The molecule has 11 rings (SSSR count). The van der Waals surface area contributed by atoms with E-state index in [0.717, 1.165) is 38.9 Å². The topological polar surface area (TPSA) is 253 Å². The number of carbonyl (C=O) groups excluding carboxylic acids is 2. The molecule has 2 amide bonds. The Morgan fingerprint density at radius 1 is 0.583 bits per heavy atom. The largest absolute Gasteiger partial charge is 0.497 e. The fraction of sp³-hybridized carbons (Fsp3) is 0.333. The Kier molecular flexibility index (Phi) is 17.3. The Balaban J connectivity index is 0.000000158. The highest BCUT2D eigenvalue weighted by Gasteiger charge is 2.53. The number of methoxy groups -OCH3 is 2. The fourth-order valence-corrected chi connectivity index (χ4v) is 9.32. The van der Waals surface area contributed by atoms with Crippen LogP contribution in [0.4, 0.5) is 21.5 Å². The first-order chi connectivity index (χ1) is 39.8. The number of ether oxygens (including phenoxy) is 6. The summed E-state index contributed by atoms with van der Waals surface area (Å²) in [5, 5.41) is 0. The van der Waals surface area contributed by atoms with Crippen LogP contribution in [0.1, 0.15) is 74.9 Å². The zero-order valence-electron chi connectivity index (χ0n) is 49.0. The third kappa shape index (κ3) is 13.8. The Hall–Kier alpha value is -8.74. The van der Waals surface area contributed by atoms with Crippen molar-refractivity contribution in [3.63, 3.8) is 0 Å². The molecule has 0 unspecified atom stereocenters. The van der Waals surface area contributed by atoms with Gasteiger partial charge in [-0.05, 0) is 169 Å². The van der Waals surface area contributed by atoms with Gasteiger partial charge in [0.1, 0.15) is 50.5 Å². The molecule has 4 N–H and O–H groups in total.